The molecule has 9 nitrogen and oxygen atoms in total. The number of Topliss-reactive ketones (excluding diaryl/α,β-unsaturated/α-hetero) is 1. The number of nitrogens with one attached hydrogen (secondary N) is 1. The van der Waals surface area contributed by atoms with E-state index in [2.05, 4.69) is 15.2 Å². The summed E-state index contributed by atoms with van der Waals surface area (Å²) in [6, 6.07) is 6.82. The molecule has 7 atom stereocenters. The number of carbonyl (C=O) groups excluding carboxylic acids is 4. The highest BCUT2D eigenvalue weighted by Crippen LogP contribution is 2.32. The Bertz CT molecular complexity index is 1350. The van der Waals surface area contributed by atoms with Crippen molar-refractivity contribution in [2.75, 3.05) is 20.3 Å². The average molecular weight is 671 g/mol. The fourth-order valence-electron chi connectivity index (χ4n) is 6.68. The lowest BCUT2D eigenvalue weighted by Crippen LogP contribution is -2.49. The van der Waals surface area contributed by atoms with Gasteiger partial charge in [-0.15, -0.1) is 11.3 Å². The first kappa shape index (κ1) is 36.9. The molecule has 1 aliphatic heterocycles. The molecule has 0 radical (unpaired) electrons. The second-order valence-electron chi connectivity index (χ2n) is 13.9. The number of aldehydes is 1. The van der Waals surface area contributed by atoms with E-state index in [0.717, 1.165) is 42.7 Å². The van der Waals surface area contributed by atoms with Crippen molar-refractivity contribution >= 4 is 35.2 Å². The number of aliphatic hydroxyl groups excluding tert-OH is 1. The zero-order valence-electron chi connectivity index (χ0n) is 30.3. The number of nitrogens with zero attached hydrogens (tertiary/aromatic N) is 3. The number of carbonyl (C=O) groups is 4. The van der Waals surface area contributed by atoms with E-state index in [1.54, 1.807) is 22.4 Å². The van der Waals surface area contributed by atoms with Gasteiger partial charge in [-0.3, -0.25) is 19.3 Å². The van der Waals surface area contributed by atoms with Crippen molar-refractivity contribution in [1.29, 1.82) is 0 Å². The molecule has 1 aliphatic rings. The predicted molar refractivity (Wildman–Crippen MR) is 187 cm³/mol. The van der Waals surface area contributed by atoms with Crippen LogP contribution in [0.15, 0.2) is 35.7 Å². The first-order valence-corrected chi connectivity index (χ1v) is 18.1. The van der Waals surface area contributed by atoms with E-state index in [-0.39, 0.29) is 65.8 Å². The molecular weight excluding hydrogens is 612 g/mol. The lowest BCUT2D eigenvalue weighted by atomic mass is 9.83. The summed E-state index contributed by atoms with van der Waals surface area (Å²) in [5.41, 5.74) is 1.27. The number of hydrogen-bond donors (Lipinski definition) is 2. The number of hydrogen-bond acceptors (Lipinski definition) is 8. The minimum Gasteiger partial charge on any atom is -0.376 e. The Morgan fingerprint density at radius 3 is 2.47 bits per heavy atom. The van der Waals surface area contributed by atoms with E-state index in [0.29, 0.717) is 31.0 Å². The lowest BCUT2D eigenvalue weighted by molar-refractivity contribution is -0.148. The third-order valence-corrected chi connectivity index (χ3v) is 10.9. The molecule has 0 bridgehead atoms. The smallest absolute Gasteiger partial charge is 0.270 e. The van der Waals surface area contributed by atoms with Crippen molar-refractivity contribution in [3.05, 3.63) is 52.0 Å². The second kappa shape index (κ2) is 18.6. The van der Waals surface area contributed by atoms with Crippen LogP contribution in [0.3, 0.4) is 0 Å². The van der Waals surface area contributed by atoms with Crippen LogP contribution in [-0.2, 0) is 20.8 Å². The third-order valence-electron chi connectivity index (χ3n) is 9.83. The molecule has 3 rings (SSSR count). The monoisotopic (exact) mass is 670 g/mol. The molecule has 1 aromatic carbocycles. The van der Waals surface area contributed by atoms with Gasteiger partial charge in [0.05, 0.1) is 12.4 Å². The second-order valence-corrected chi connectivity index (χ2v) is 14.8. The molecule has 2 amide bonds. The number of thiazole rings is 1. The lowest BCUT2D eigenvalue weighted by Gasteiger charge is -2.38. The summed E-state index contributed by atoms with van der Waals surface area (Å²) in [6.45, 7) is 12.4. The molecule has 2 N–H and O–H groups in total. The van der Waals surface area contributed by atoms with Crippen LogP contribution < -0.4 is 5.32 Å². The zero-order chi connectivity index (χ0) is 35.5. The van der Waals surface area contributed by atoms with Gasteiger partial charge in [-0.2, -0.15) is 0 Å². The van der Waals surface area contributed by atoms with Gasteiger partial charge < -0.3 is 20.1 Å². The fraction of sp³-hybridized carbons (Fsp3) is 0.649. The van der Waals surface area contributed by atoms with E-state index < -0.39 is 12.6 Å². The highest BCUT2D eigenvalue weighted by molar-refractivity contribution is 7.09. The summed E-state index contributed by atoms with van der Waals surface area (Å²) < 4.78 is 7.73. The first-order valence-electron chi connectivity index (χ1n) is 17.7. The molecule has 2 heterocycles. The van der Waals surface area contributed by atoms with E-state index in [1.165, 1.54) is 11.3 Å². The maximum atomic E-state index is 14.1. The molecule has 0 spiro atoms. The Morgan fingerprint density at radius 1 is 1.19 bits per heavy atom. The van der Waals surface area contributed by atoms with Crippen LogP contribution in [0.5, 0.6) is 0 Å². The maximum Gasteiger partial charge on any atom is 0.270 e. The summed E-state index contributed by atoms with van der Waals surface area (Å²) in [5, 5.41) is 16.1. The van der Waals surface area contributed by atoms with Gasteiger partial charge in [0.15, 0.2) is 5.78 Å². The summed E-state index contributed by atoms with van der Waals surface area (Å²) in [5.74, 6) is -1.21. The summed E-state index contributed by atoms with van der Waals surface area (Å²) in [4.78, 5) is 60.5. The minimum absolute atomic E-state index is 0.0112. The standard InChI is InChI=1S/C37H56N4O5S/c1-8-26(5)30(20-34(44)32-15-12-16-40(32)7)37(46)41(23-43)33(24(2)3)18-27(6)36-39-31(22-47-36)35(45)38-29(17-25(4)21-42)19-28-13-10-9-11-14-28/h9-11,13-14,21-22,24-27,29-30,32-33,43H,8,12,15-20,23H2,1-7H3,(H,38,45)/i9T. The molecular formula is C37H56N4O5S. The van der Waals surface area contributed by atoms with E-state index in [4.69, 9.17) is 1.37 Å². The molecule has 260 valence electrons. The quantitative estimate of drug-likeness (QED) is 0.145. The van der Waals surface area contributed by atoms with Crippen LogP contribution in [0, 0.1) is 23.7 Å². The van der Waals surface area contributed by atoms with Crippen LogP contribution >= 0.6 is 11.3 Å². The molecule has 7 unspecified atom stereocenters. The topological polar surface area (TPSA) is 120 Å². The fourth-order valence-corrected chi connectivity index (χ4v) is 7.55. The molecule has 1 aromatic heterocycles. The van der Waals surface area contributed by atoms with E-state index in [9.17, 15) is 24.3 Å². The highest BCUT2D eigenvalue weighted by atomic mass is 32.1. The van der Waals surface area contributed by atoms with Gasteiger partial charge in [0, 0.05) is 41.6 Å². The normalized spacial score (nSPS) is 19.3. The van der Waals surface area contributed by atoms with Gasteiger partial charge in [-0.25, -0.2) is 4.98 Å². The number of likely N-dealkylation sites (tertiary alicyclic amines) is 1. The van der Waals surface area contributed by atoms with Crippen LogP contribution in [0.2, 0.25) is 0 Å². The predicted octanol–water partition coefficient (Wildman–Crippen LogP) is 5.72. The summed E-state index contributed by atoms with van der Waals surface area (Å²) in [7, 11) is 1.96. The SMILES string of the molecule is [3H]c1ccc(CC(CC(C)C=O)NC(=O)c2csc(C(C)CC(C(C)C)N(CO)C(=O)C(CC(=O)C3CCCN3C)C(C)CC)n2)cc1. The van der Waals surface area contributed by atoms with Crippen LogP contribution in [0.1, 0.15) is 108 Å². The minimum atomic E-state index is -0.504. The van der Waals surface area contributed by atoms with Crippen molar-refractivity contribution in [2.45, 2.75) is 111 Å². The Morgan fingerprint density at radius 2 is 1.89 bits per heavy atom. The molecule has 10 heteroatoms. The van der Waals surface area contributed by atoms with Gasteiger partial charge in [-0.05, 0) is 63.1 Å². The number of ketones is 1. The Labute approximate surface area is 286 Å². The molecule has 47 heavy (non-hydrogen) atoms. The van der Waals surface area contributed by atoms with Gasteiger partial charge in [-0.1, -0.05) is 78.3 Å². The van der Waals surface area contributed by atoms with Crippen molar-refractivity contribution < 1.29 is 25.7 Å². The molecule has 1 saturated heterocycles. The zero-order valence-corrected chi connectivity index (χ0v) is 30.1. The van der Waals surface area contributed by atoms with Crippen molar-refractivity contribution in [3.8, 4) is 0 Å². The number of aliphatic hydroxyl groups is 1. The molecule has 0 aliphatic carbocycles. The Balaban J connectivity index is 1.73. The number of amides is 2. The summed E-state index contributed by atoms with van der Waals surface area (Å²) >= 11 is 1.39. The average Bonchev–Trinajstić information content (AvgIpc) is 3.73. The van der Waals surface area contributed by atoms with Gasteiger partial charge in [0.25, 0.3) is 5.91 Å². The Hall–Kier alpha value is -2.95. The number of likely N-dealkylation sites (N-methyl/N-ethyl adjacent to an activating group) is 1. The third kappa shape index (κ3) is 10.8. The molecule has 2 aromatic rings. The van der Waals surface area contributed by atoms with Crippen molar-refractivity contribution in [1.82, 2.24) is 20.1 Å². The number of rotatable bonds is 19. The summed E-state index contributed by atoms with van der Waals surface area (Å²) in [6.07, 6.45) is 5.15. The highest BCUT2D eigenvalue weighted by Gasteiger charge is 2.38. The van der Waals surface area contributed by atoms with Crippen molar-refractivity contribution in [3.63, 3.8) is 0 Å². The van der Waals surface area contributed by atoms with E-state index >= 15 is 0 Å². The van der Waals surface area contributed by atoms with Gasteiger partial charge in [0.2, 0.25) is 5.91 Å². The van der Waals surface area contributed by atoms with E-state index in [1.807, 2.05) is 60.7 Å². The van der Waals surface area contributed by atoms with Crippen molar-refractivity contribution in [2.24, 2.45) is 23.7 Å². The maximum absolute atomic E-state index is 14.1. The Kier molecular flexibility index (Phi) is 14.6. The van der Waals surface area contributed by atoms with Gasteiger partial charge in [0.1, 0.15) is 18.7 Å². The number of aromatic nitrogens is 1. The largest absolute Gasteiger partial charge is 0.376 e. The van der Waals surface area contributed by atoms with Gasteiger partial charge >= 0.3 is 0 Å². The van der Waals surface area contributed by atoms with Crippen LogP contribution in [0.25, 0.3) is 0 Å². The molecule has 0 saturated carbocycles. The van der Waals surface area contributed by atoms with Crippen LogP contribution in [-0.4, -0.2) is 82.2 Å². The first-order chi connectivity index (χ1) is 22.8. The van der Waals surface area contributed by atoms with Crippen LogP contribution in [0.4, 0.5) is 0 Å². The molecule has 1 fully saturated rings. The number of benzene rings is 1.